The average molecular weight is 438 g/mol. The highest BCUT2D eigenvalue weighted by molar-refractivity contribution is 7.89. The normalized spacial score (nSPS) is 16.2. The highest BCUT2D eigenvalue weighted by Gasteiger charge is 2.25. The second-order valence-corrected chi connectivity index (χ2v) is 10.4. The molecule has 0 aliphatic carbocycles. The number of carbonyl (C=O) groups excluding carboxylic acids is 1. The summed E-state index contributed by atoms with van der Waals surface area (Å²) in [5.41, 5.74) is 0.680. The summed E-state index contributed by atoms with van der Waals surface area (Å²) in [7, 11) is -7.38. The van der Waals surface area contributed by atoms with E-state index >= 15 is 0 Å². The van der Waals surface area contributed by atoms with E-state index in [1.54, 1.807) is 0 Å². The second-order valence-electron chi connectivity index (χ2n) is 6.87. The number of nitrogens with two attached hydrogens (primary N) is 1. The van der Waals surface area contributed by atoms with Crippen LogP contribution >= 0.6 is 0 Å². The summed E-state index contributed by atoms with van der Waals surface area (Å²) in [5, 5.41) is 7.69. The molecular weight excluding hydrogens is 414 g/mol. The Labute approximate surface area is 170 Å². The van der Waals surface area contributed by atoms with Crippen molar-refractivity contribution in [3.63, 3.8) is 0 Å². The number of carbonyl (C=O) groups is 1. The molecule has 1 fully saturated rings. The molecule has 3 rings (SSSR count). The van der Waals surface area contributed by atoms with E-state index in [-0.39, 0.29) is 15.4 Å². The first-order valence-corrected chi connectivity index (χ1v) is 12.2. The van der Waals surface area contributed by atoms with Gasteiger partial charge in [0.05, 0.1) is 9.79 Å². The standard InChI is InChI=1S/C19H23N3O5S2/c20-28(24,25)17-9-5-15(6-10-17)19(23)21-16-7-11-18(12-8-16)29(26,27)22-13-3-1-2-4-14-22/h5-12H,1-4,13-14H2,(H,21,23)(H2,20,24,25). The van der Waals surface area contributed by atoms with Crippen molar-refractivity contribution in [2.75, 3.05) is 18.4 Å². The zero-order valence-electron chi connectivity index (χ0n) is 15.7. The van der Waals surface area contributed by atoms with E-state index in [9.17, 15) is 21.6 Å². The van der Waals surface area contributed by atoms with Crippen molar-refractivity contribution in [2.45, 2.75) is 35.5 Å². The summed E-state index contributed by atoms with van der Waals surface area (Å²) < 4.78 is 49.6. The maximum atomic E-state index is 12.8. The van der Waals surface area contributed by atoms with E-state index in [0.717, 1.165) is 25.7 Å². The van der Waals surface area contributed by atoms with Crippen molar-refractivity contribution in [3.05, 3.63) is 54.1 Å². The molecule has 2 aromatic carbocycles. The van der Waals surface area contributed by atoms with Gasteiger partial charge in [-0.15, -0.1) is 0 Å². The summed E-state index contributed by atoms with van der Waals surface area (Å²) in [5.74, 6) is -0.450. The van der Waals surface area contributed by atoms with Crippen molar-refractivity contribution in [1.82, 2.24) is 4.31 Å². The lowest BCUT2D eigenvalue weighted by atomic mass is 10.2. The van der Waals surface area contributed by atoms with Crippen LogP contribution < -0.4 is 10.5 Å². The molecule has 0 unspecified atom stereocenters. The fraction of sp³-hybridized carbons (Fsp3) is 0.316. The lowest BCUT2D eigenvalue weighted by Crippen LogP contribution is -2.31. The number of anilines is 1. The molecule has 0 atom stereocenters. The van der Waals surface area contributed by atoms with Gasteiger partial charge >= 0.3 is 0 Å². The molecule has 1 saturated heterocycles. The number of amides is 1. The summed E-state index contributed by atoms with van der Waals surface area (Å²) in [4.78, 5) is 12.4. The van der Waals surface area contributed by atoms with Crippen LogP contribution in [0.2, 0.25) is 0 Å². The van der Waals surface area contributed by atoms with Gasteiger partial charge in [-0.25, -0.2) is 22.0 Å². The molecular formula is C19H23N3O5S2. The number of primary sulfonamides is 1. The molecule has 3 N–H and O–H groups in total. The predicted molar refractivity (Wildman–Crippen MR) is 109 cm³/mol. The highest BCUT2D eigenvalue weighted by Crippen LogP contribution is 2.22. The quantitative estimate of drug-likeness (QED) is 0.741. The Kier molecular flexibility index (Phi) is 6.37. The molecule has 10 heteroatoms. The molecule has 0 radical (unpaired) electrons. The third-order valence-corrected chi connectivity index (χ3v) is 7.60. The maximum Gasteiger partial charge on any atom is 0.255 e. The minimum Gasteiger partial charge on any atom is -0.322 e. The van der Waals surface area contributed by atoms with E-state index in [2.05, 4.69) is 5.32 Å². The lowest BCUT2D eigenvalue weighted by Gasteiger charge is -2.20. The van der Waals surface area contributed by atoms with Crippen LogP contribution in [0.25, 0.3) is 0 Å². The van der Waals surface area contributed by atoms with Gasteiger partial charge < -0.3 is 5.32 Å². The molecule has 156 valence electrons. The van der Waals surface area contributed by atoms with E-state index in [0.29, 0.717) is 18.8 Å². The zero-order valence-corrected chi connectivity index (χ0v) is 17.4. The molecule has 0 spiro atoms. The number of sulfonamides is 2. The summed E-state index contributed by atoms with van der Waals surface area (Å²) in [6, 6.07) is 11.2. The van der Waals surface area contributed by atoms with E-state index in [1.807, 2.05) is 0 Å². The Morgan fingerprint density at radius 2 is 1.31 bits per heavy atom. The van der Waals surface area contributed by atoms with Gasteiger partial charge in [0, 0.05) is 24.3 Å². The highest BCUT2D eigenvalue weighted by atomic mass is 32.2. The molecule has 1 amide bonds. The van der Waals surface area contributed by atoms with Gasteiger partial charge in [-0.3, -0.25) is 4.79 Å². The molecule has 0 bridgehead atoms. The van der Waals surface area contributed by atoms with E-state index < -0.39 is 26.0 Å². The largest absolute Gasteiger partial charge is 0.322 e. The smallest absolute Gasteiger partial charge is 0.255 e. The van der Waals surface area contributed by atoms with Crippen LogP contribution in [0.5, 0.6) is 0 Å². The molecule has 29 heavy (non-hydrogen) atoms. The van der Waals surface area contributed by atoms with Crippen LogP contribution in [0.15, 0.2) is 58.3 Å². The van der Waals surface area contributed by atoms with Gasteiger partial charge in [-0.05, 0) is 61.4 Å². The molecule has 0 aromatic heterocycles. The van der Waals surface area contributed by atoms with Crippen molar-refractivity contribution >= 4 is 31.6 Å². The molecule has 1 aliphatic rings. The van der Waals surface area contributed by atoms with Crippen LogP contribution in [0, 0.1) is 0 Å². The van der Waals surface area contributed by atoms with Crippen LogP contribution in [0.3, 0.4) is 0 Å². The Bertz CT molecular complexity index is 1070. The molecule has 8 nitrogen and oxygen atoms in total. The molecule has 2 aromatic rings. The fourth-order valence-corrected chi connectivity index (χ4v) is 5.17. The van der Waals surface area contributed by atoms with Gasteiger partial charge in [0.25, 0.3) is 5.91 Å². The summed E-state index contributed by atoms with van der Waals surface area (Å²) in [6.07, 6.45) is 3.79. The number of hydrogen-bond acceptors (Lipinski definition) is 5. The number of nitrogens with one attached hydrogen (secondary N) is 1. The monoisotopic (exact) mass is 437 g/mol. The van der Waals surface area contributed by atoms with Crippen LogP contribution in [-0.4, -0.2) is 40.1 Å². The number of nitrogens with zero attached hydrogens (tertiary/aromatic N) is 1. The number of rotatable bonds is 5. The average Bonchev–Trinajstić information content (AvgIpc) is 2.98. The van der Waals surface area contributed by atoms with Gasteiger partial charge in [0.15, 0.2) is 0 Å². The first-order chi connectivity index (χ1) is 13.7. The maximum absolute atomic E-state index is 12.8. The predicted octanol–water partition coefficient (Wildman–Crippen LogP) is 2.15. The summed E-state index contributed by atoms with van der Waals surface area (Å²) >= 11 is 0. The van der Waals surface area contributed by atoms with Crippen molar-refractivity contribution in [2.24, 2.45) is 5.14 Å². The van der Waals surface area contributed by atoms with Gasteiger partial charge in [0.1, 0.15) is 0 Å². The molecule has 0 saturated carbocycles. The molecule has 1 aliphatic heterocycles. The third kappa shape index (κ3) is 5.21. The van der Waals surface area contributed by atoms with Gasteiger partial charge in [0.2, 0.25) is 20.0 Å². The van der Waals surface area contributed by atoms with E-state index in [4.69, 9.17) is 5.14 Å². The number of benzene rings is 2. The first kappa shape index (κ1) is 21.4. The first-order valence-electron chi connectivity index (χ1n) is 9.22. The van der Waals surface area contributed by atoms with Crippen LogP contribution in [0.4, 0.5) is 5.69 Å². The Morgan fingerprint density at radius 1 is 0.793 bits per heavy atom. The van der Waals surface area contributed by atoms with E-state index in [1.165, 1.54) is 52.8 Å². The van der Waals surface area contributed by atoms with Crippen LogP contribution in [-0.2, 0) is 20.0 Å². The summed E-state index contributed by atoms with van der Waals surface area (Å²) in [6.45, 7) is 1.05. The van der Waals surface area contributed by atoms with Crippen molar-refractivity contribution in [1.29, 1.82) is 0 Å². The SMILES string of the molecule is NS(=O)(=O)c1ccc(C(=O)Nc2ccc(S(=O)(=O)N3CCCCCC3)cc2)cc1. The zero-order chi connectivity index (χ0) is 21.1. The Balaban J connectivity index is 1.71. The minimum atomic E-state index is -3.83. The fourth-order valence-electron chi connectivity index (χ4n) is 3.14. The van der Waals surface area contributed by atoms with Crippen molar-refractivity contribution in [3.8, 4) is 0 Å². The minimum absolute atomic E-state index is 0.0860. The lowest BCUT2D eigenvalue weighted by molar-refractivity contribution is 0.102. The topological polar surface area (TPSA) is 127 Å². The second kappa shape index (κ2) is 8.62. The van der Waals surface area contributed by atoms with Crippen molar-refractivity contribution < 1.29 is 21.6 Å². The third-order valence-electron chi connectivity index (χ3n) is 4.76. The molecule has 1 heterocycles. The van der Waals surface area contributed by atoms with Gasteiger partial charge in [-0.2, -0.15) is 4.31 Å². The number of hydrogen-bond donors (Lipinski definition) is 2. The van der Waals surface area contributed by atoms with Crippen LogP contribution in [0.1, 0.15) is 36.0 Å². The Hall–Kier alpha value is -2.27. The Morgan fingerprint density at radius 3 is 1.83 bits per heavy atom. The van der Waals surface area contributed by atoms with Gasteiger partial charge in [-0.1, -0.05) is 12.8 Å².